The van der Waals surface area contributed by atoms with E-state index in [1.165, 1.54) is 10.7 Å². The van der Waals surface area contributed by atoms with Gasteiger partial charge in [0.25, 0.3) is 0 Å². The number of nitrogens with zero attached hydrogens (tertiary/aromatic N) is 3. The van der Waals surface area contributed by atoms with Gasteiger partial charge in [-0.2, -0.15) is 0 Å². The number of rotatable bonds is 3. The quantitative estimate of drug-likeness (QED) is 0.748. The summed E-state index contributed by atoms with van der Waals surface area (Å²) in [7, 11) is 0. The molecule has 2 rings (SSSR count). The predicted molar refractivity (Wildman–Crippen MR) is 70.9 cm³/mol. The molecule has 18 heavy (non-hydrogen) atoms. The van der Waals surface area contributed by atoms with Crippen LogP contribution < -0.4 is 0 Å². The molecule has 1 atom stereocenters. The number of alkyl halides is 1. The smallest absolute Gasteiger partial charge is 0.152 e. The van der Waals surface area contributed by atoms with E-state index in [4.69, 9.17) is 0 Å². The van der Waals surface area contributed by atoms with E-state index in [2.05, 4.69) is 42.2 Å². The first-order chi connectivity index (χ1) is 8.52. The van der Waals surface area contributed by atoms with Gasteiger partial charge in [0.05, 0.1) is 16.7 Å². The molecule has 0 radical (unpaired) electrons. The third kappa shape index (κ3) is 2.61. The summed E-state index contributed by atoms with van der Waals surface area (Å²) in [5.41, 5.74) is 0.846. The van der Waals surface area contributed by atoms with Crippen LogP contribution in [0.25, 0.3) is 5.69 Å². The Morgan fingerprint density at radius 1 is 1.39 bits per heavy atom. The van der Waals surface area contributed by atoms with Crippen molar-refractivity contribution in [2.75, 3.05) is 0 Å². The average Bonchev–Trinajstić information content (AvgIpc) is 2.76. The number of hydrogen-bond acceptors (Lipinski definition) is 2. The van der Waals surface area contributed by atoms with E-state index < -0.39 is 11.6 Å². The lowest BCUT2D eigenvalue weighted by Crippen LogP contribution is -2.01. The Morgan fingerprint density at radius 2 is 2.11 bits per heavy atom. The highest BCUT2D eigenvalue weighted by Gasteiger charge is 2.16. The van der Waals surface area contributed by atoms with Crippen molar-refractivity contribution in [1.29, 1.82) is 0 Å². The molecule has 96 valence electrons. The zero-order chi connectivity index (χ0) is 13.3. The monoisotopic (exact) mass is 379 g/mol. The van der Waals surface area contributed by atoms with Gasteiger partial charge in [-0.05, 0) is 28.4 Å². The third-order valence-electron chi connectivity index (χ3n) is 2.40. The minimum Gasteiger partial charge on any atom is -0.216 e. The van der Waals surface area contributed by atoms with Crippen molar-refractivity contribution in [2.24, 2.45) is 0 Å². The Bertz CT molecular complexity index is 548. The minimum absolute atomic E-state index is 0.0635. The van der Waals surface area contributed by atoms with Crippen LogP contribution in [0.5, 0.6) is 0 Å². The van der Waals surface area contributed by atoms with Gasteiger partial charge in [0.2, 0.25) is 0 Å². The van der Waals surface area contributed by atoms with E-state index in [9.17, 15) is 8.78 Å². The van der Waals surface area contributed by atoms with E-state index in [0.717, 1.165) is 12.5 Å². The van der Waals surface area contributed by atoms with Crippen molar-refractivity contribution in [3.05, 3.63) is 40.1 Å². The van der Waals surface area contributed by atoms with Gasteiger partial charge in [0, 0.05) is 10.5 Å². The van der Waals surface area contributed by atoms with Crippen LogP contribution in [0.15, 0.2) is 22.8 Å². The van der Waals surface area contributed by atoms with Crippen molar-refractivity contribution in [3.8, 4) is 5.69 Å². The van der Waals surface area contributed by atoms with Crippen LogP contribution in [0.2, 0.25) is 0 Å². The summed E-state index contributed by atoms with van der Waals surface area (Å²) in [6.07, 6.45) is 2.45. The lowest BCUT2D eigenvalue weighted by atomic mass is 10.2. The number of halogens is 4. The highest BCUT2D eigenvalue weighted by atomic mass is 79.9. The van der Waals surface area contributed by atoms with E-state index >= 15 is 0 Å². The Morgan fingerprint density at radius 3 is 2.72 bits per heavy atom. The Kier molecular flexibility index (Phi) is 4.11. The maximum absolute atomic E-state index is 13.7. The van der Waals surface area contributed by atoms with Gasteiger partial charge in [0.15, 0.2) is 5.82 Å². The second-order valence-electron chi connectivity index (χ2n) is 3.68. The molecule has 0 aliphatic heterocycles. The average molecular weight is 381 g/mol. The molecule has 1 aromatic carbocycles. The molecule has 7 heteroatoms. The first-order valence-corrected chi connectivity index (χ1v) is 6.95. The van der Waals surface area contributed by atoms with Crippen molar-refractivity contribution < 1.29 is 8.78 Å². The van der Waals surface area contributed by atoms with Gasteiger partial charge in [-0.3, -0.25) is 0 Å². The van der Waals surface area contributed by atoms with E-state index in [-0.39, 0.29) is 10.5 Å². The molecule has 0 N–H and O–H groups in total. The highest BCUT2D eigenvalue weighted by Crippen LogP contribution is 2.28. The first-order valence-electron chi connectivity index (χ1n) is 5.24. The van der Waals surface area contributed by atoms with Crippen LogP contribution in [0.4, 0.5) is 8.78 Å². The van der Waals surface area contributed by atoms with E-state index in [1.54, 1.807) is 6.20 Å². The highest BCUT2D eigenvalue weighted by molar-refractivity contribution is 9.10. The molecule has 1 heterocycles. The fraction of sp³-hybridized carbons (Fsp3) is 0.273. The Labute approximate surface area is 119 Å². The summed E-state index contributed by atoms with van der Waals surface area (Å²) in [6.45, 7) is 1.99. The molecule has 0 aliphatic carbocycles. The lowest BCUT2D eigenvalue weighted by molar-refractivity contribution is 0.570. The number of hydrogen-bond donors (Lipinski definition) is 0. The van der Waals surface area contributed by atoms with Crippen LogP contribution in [0.3, 0.4) is 0 Å². The van der Waals surface area contributed by atoms with Gasteiger partial charge in [-0.15, -0.1) is 5.10 Å². The first kappa shape index (κ1) is 13.6. The molecule has 2 aromatic rings. The molecular formula is C11H9Br2F2N3. The van der Waals surface area contributed by atoms with E-state index in [0.29, 0.717) is 10.2 Å². The fourth-order valence-corrected chi connectivity index (χ4v) is 2.29. The summed E-state index contributed by atoms with van der Waals surface area (Å²) < 4.78 is 28.3. The maximum Gasteiger partial charge on any atom is 0.152 e. The topological polar surface area (TPSA) is 30.7 Å². The zero-order valence-corrected chi connectivity index (χ0v) is 12.5. The molecule has 0 spiro atoms. The van der Waals surface area contributed by atoms with E-state index in [1.807, 2.05) is 6.92 Å². The summed E-state index contributed by atoms with van der Waals surface area (Å²) in [5, 5.41) is 7.80. The predicted octanol–water partition coefficient (Wildman–Crippen LogP) is 4.15. The summed E-state index contributed by atoms with van der Waals surface area (Å²) in [5.74, 6) is -1.34. The molecule has 0 aliphatic rings. The second kappa shape index (κ2) is 5.44. The molecule has 3 nitrogen and oxygen atoms in total. The summed E-state index contributed by atoms with van der Waals surface area (Å²) >= 11 is 6.56. The van der Waals surface area contributed by atoms with Crippen LogP contribution in [0, 0.1) is 11.6 Å². The van der Waals surface area contributed by atoms with Crippen molar-refractivity contribution in [3.63, 3.8) is 0 Å². The molecule has 1 aromatic heterocycles. The van der Waals surface area contributed by atoms with Gasteiger partial charge in [-0.25, -0.2) is 13.5 Å². The Hall–Kier alpha value is -0.820. The summed E-state index contributed by atoms with van der Waals surface area (Å²) in [6, 6.07) is 2.00. The van der Waals surface area contributed by atoms with Crippen LogP contribution >= 0.6 is 31.9 Å². The SMILES string of the molecule is CCC(Br)c1cn(-c2c(F)cc(F)cc2Br)nn1. The van der Waals surface area contributed by atoms with Gasteiger partial charge >= 0.3 is 0 Å². The largest absolute Gasteiger partial charge is 0.216 e. The van der Waals surface area contributed by atoms with Crippen LogP contribution in [-0.2, 0) is 0 Å². The molecule has 0 amide bonds. The molecule has 0 saturated carbocycles. The third-order valence-corrected chi connectivity index (χ3v) is 4.12. The van der Waals surface area contributed by atoms with Gasteiger partial charge < -0.3 is 0 Å². The maximum atomic E-state index is 13.7. The van der Waals surface area contributed by atoms with Crippen molar-refractivity contribution in [1.82, 2.24) is 15.0 Å². The zero-order valence-electron chi connectivity index (χ0n) is 9.37. The van der Waals surface area contributed by atoms with Gasteiger partial charge in [-0.1, -0.05) is 28.1 Å². The standard InChI is InChI=1S/C11H9Br2F2N3/c1-2-7(12)10-5-18(17-16-10)11-8(13)3-6(14)4-9(11)15/h3-5,7H,2H2,1H3. The molecule has 1 unspecified atom stereocenters. The fourth-order valence-electron chi connectivity index (χ4n) is 1.49. The molecule has 0 fully saturated rings. The number of benzene rings is 1. The normalized spacial score (nSPS) is 12.7. The molecule has 0 saturated heterocycles. The van der Waals surface area contributed by atoms with Crippen molar-refractivity contribution >= 4 is 31.9 Å². The Balaban J connectivity index is 2.46. The number of aromatic nitrogens is 3. The van der Waals surface area contributed by atoms with Crippen LogP contribution in [0.1, 0.15) is 23.9 Å². The van der Waals surface area contributed by atoms with Gasteiger partial charge in [0.1, 0.15) is 11.5 Å². The minimum atomic E-state index is -0.694. The van der Waals surface area contributed by atoms with Crippen LogP contribution in [-0.4, -0.2) is 15.0 Å². The molecule has 0 bridgehead atoms. The molecular weight excluding hydrogens is 372 g/mol. The summed E-state index contributed by atoms with van der Waals surface area (Å²) in [4.78, 5) is 0.0635. The second-order valence-corrected chi connectivity index (χ2v) is 5.64. The van der Waals surface area contributed by atoms with Crippen molar-refractivity contribution in [2.45, 2.75) is 18.2 Å². The lowest BCUT2D eigenvalue weighted by Gasteiger charge is -2.05.